The third-order valence-corrected chi connectivity index (χ3v) is 5.75. The van der Waals surface area contributed by atoms with E-state index in [1.165, 1.54) is 23.3 Å². The average molecular weight is 521 g/mol. The van der Waals surface area contributed by atoms with Gasteiger partial charge >= 0.3 is 11.9 Å². The summed E-state index contributed by atoms with van der Waals surface area (Å²) in [5.74, 6) is -2.46. The first-order chi connectivity index (χ1) is 18.3. The van der Waals surface area contributed by atoms with Crippen molar-refractivity contribution in [1.82, 2.24) is 19.4 Å². The number of hydrogen-bond donors (Lipinski definition) is 3. The molecule has 196 valence electrons. The zero-order valence-electron chi connectivity index (χ0n) is 20.2. The van der Waals surface area contributed by atoms with E-state index < -0.39 is 17.8 Å². The van der Waals surface area contributed by atoms with E-state index in [9.17, 15) is 18.8 Å². The Balaban J connectivity index is 0.000000368. The summed E-state index contributed by atoms with van der Waals surface area (Å²) in [5.41, 5.74) is 3.74. The van der Waals surface area contributed by atoms with Crippen molar-refractivity contribution >= 4 is 22.8 Å². The van der Waals surface area contributed by atoms with Crippen molar-refractivity contribution in [2.24, 2.45) is 0 Å². The highest BCUT2D eigenvalue weighted by atomic mass is 19.1. The molecule has 0 fully saturated rings. The monoisotopic (exact) mass is 520 g/mol. The highest BCUT2D eigenvalue weighted by molar-refractivity contribution is 5.89. The van der Waals surface area contributed by atoms with Gasteiger partial charge < -0.3 is 24.8 Å². The van der Waals surface area contributed by atoms with Gasteiger partial charge in [-0.15, -0.1) is 0 Å². The lowest BCUT2D eigenvalue weighted by molar-refractivity contribution is -0.134. The van der Waals surface area contributed by atoms with Crippen molar-refractivity contribution < 1.29 is 28.9 Å². The standard InChI is InChI=1S/C23H21FN4O2.C4H4O4/c24-17-1-2-18(26-14-17)15-30-21-6-9-28(23(29)13-21)19-3-4-22-16(11-19)12-20-5-7-25-8-10-27(20)22;5-3(6)1-2-4(7)8/h1-4,6,9,11-14,25H,5,7-8,10,15H2;1-2H,(H,5,6)(H,7,8)/b;2-1-. The molecule has 0 unspecified atom stereocenters. The third kappa shape index (κ3) is 6.71. The minimum absolute atomic E-state index is 0.168. The Bertz CT molecular complexity index is 1530. The first-order valence-electron chi connectivity index (χ1n) is 11.7. The first kappa shape index (κ1) is 26.3. The van der Waals surface area contributed by atoms with Gasteiger partial charge in [0, 0.05) is 72.8 Å². The number of pyridine rings is 2. The normalized spacial score (nSPS) is 12.9. The number of nitrogens with one attached hydrogen (secondary N) is 1. The number of halogens is 1. The second kappa shape index (κ2) is 12.0. The minimum atomic E-state index is -1.26. The fraction of sp³-hybridized carbons (Fsp3) is 0.185. The zero-order chi connectivity index (χ0) is 27.1. The lowest BCUT2D eigenvalue weighted by atomic mass is 10.2. The summed E-state index contributed by atoms with van der Waals surface area (Å²) in [6.45, 7) is 3.07. The molecule has 3 aromatic heterocycles. The molecule has 0 radical (unpaired) electrons. The van der Waals surface area contributed by atoms with Gasteiger partial charge in [0.1, 0.15) is 18.2 Å². The number of fused-ring (bicyclic) bond motifs is 3. The summed E-state index contributed by atoms with van der Waals surface area (Å²) in [4.78, 5) is 35.7. The minimum Gasteiger partial charge on any atom is -0.487 e. The second-order valence-corrected chi connectivity index (χ2v) is 8.37. The van der Waals surface area contributed by atoms with Crippen molar-refractivity contribution in [3.8, 4) is 11.4 Å². The van der Waals surface area contributed by atoms with E-state index in [2.05, 4.69) is 33.1 Å². The number of nitrogens with zero attached hydrogens (tertiary/aromatic N) is 3. The average Bonchev–Trinajstić information content (AvgIpc) is 3.07. The van der Waals surface area contributed by atoms with Crippen LogP contribution in [0.4, 0.5) is 4.39 Å². The maximum absolute atomic E-state index is 12.9. The fourth-order valence-corrected chi connectivity index (χ4v) is 4.02. The Morgan fingerprint density at radius 1 is 1.05 bits per heavy atom. The SMILES string of the molecule is O=C(O)/C=C\C(=O)O.O=c1cc(OCc2ccc(F)cn2)ccn1-c1ccc2c(c1)cc1n2CCNCC1. The van der Waals surface area contributed by atoms with Crippen LogP contribution in [0.2, 0.25) is 0 Å². The van der Waals surface area contributed by atoms with Gasteiger partial charge in [0.15, 0.2) is 0 Å². The van der Waals surface area contributed by atoms with E-state index in [4.69, 9.17) is 14.9 Å². The van der Waals surface area contributed by atoms with Crippen LogP contribution in [-0.4, -0.2) is 49.4 Å². The first-order valence-corrected chi connectivity index (χ1v) is 11.7. The number of carboxylic acid groups (broad SMARTS) is 2. The Hall–Kier alpha value is -4.77. The predicted octanol–water partition coefficient (Wildman–Crippen LogP) is 2.76. The number of ether oxygens (including phenoxy) is 1. The summed E-state index contributed by atoms with van der Waals surface area (Å²) in [7, 11) is 0. The van der Waals surface area contributed by atoms with E-state index in [1.54, 1.807) is 22.9 Å². The summed E-state index contributed by atoms with van der Waals surface area (Å²) in [6.07, 6.45) is 4.97. The molecule has 11 heteroatoms. The molecular formula is C27H25FN4O6. The Morgan fingerprint density at radius 2 is 1.84 bits per heavy atom. The van der Waals surface area contributed by atoms with Crippen LogP contribution < -0.4 is 15.6 Å². The maximum atomic E-state index is 12.9. The molecule has 3 N–H and O–H groups in total. The Labute approximate surface area is 216 Å². The quantitative estimate of drug-likeness (QED) is 0.330. The van der Waals surface area contributed by atoms with E-state index in [-0.39, 0.29) is 12.2 Å². The van der Waals surface area contributed by atoms with E-state index >= 15 is 0 Å². The van der Waals surface area contributed by atoms with Gasteiger partial charge in [-0.3, -0.25) is 14.3 Å². The number of hydrogen-bond acceptors (Lipinski definition) is 6. The van der Waals surface area contributed by atoms with Crippen LogP contribution in [0.3, 0.4) is 0 Å². The summed E-state index contributed by atoms with van der Waals surface area (Å²) in [5, 5.41) is 20.2. The molecule has 0 atom stereocenters. The molecule has 1 aromatic carbocycles. The third-order valence-electron chi connectivity index (χ3n) is 5.75. The van der Waals surface area contributed by atoms with E-state index in [0.29, 0.717) is 23.6 Å². The lowest BCUT2D eigenvalue weighted by Gasteiger charge is -2.10. The molecule has 5 rings (SSSR count). The van der Waals surface area contributed by atoms with Crippen molar-refractivity contribution in [3.05, 3.63) is 101 Å². The van der Waals surface area contributed by atoms with Crippen LogP contribution >= 0.6 is 0 Å². The topological polar surface area (TPSA) is 136 Å². The number of carbonyl (C=O) groups is 2. The predicted molar refractivity (Wildman–Crippen MR) is 137 cm³/mol. The van der Waals surface area contributed by atoms with Gasteiger partial charge in [-0.25, -0.2) is 14.0 Å². The molecule has 0 amide bonds. The number of aromatic nitrogens is 3. The highest BCUT2D eigenvalue weighted by Gasteiger charge is 2.12. The fourth-order valence-electron chi connectivity index (χ4n) is 4.02. The van der Waals surface area contributed by atoms with Gasteiger partial charge in [-0.1, -0.05) is 0 Å². The zero-order valence-corrected chi connectivity index (χ0v) is 20.2. The molecule has 1 aliphatic rings. The van der Waals surface area contributed by atoms with E-state index in [1.807, 2.05) is 6.07 Å². The Morgan fingerprint density at radius 3 is 2.53 bits per heavy atom. The number of carboxylic acids is 2. The molecule has 0 saturated carbocycles. The molecule has 4 heterocycles. The van der Waals surface area contributed by atoms with Gasteiger partial charge in [0.25, 0.3) is 5.56 Å². The van der Waals surface area contributed by atoms with Crippen molar-refractivity contribution in [2.75, 3.05) is 13.1 Å². The Kier molecular flexibility index (Phi) is 8.29. The van der Waals surface area contributed by atoms with Crippen LogP contribution in [-0.2, 0) is 29.2 Å². The number of benzene rings is 1. The van der Waals surface area contributed by atoms with E-state index in [0.717, 1.165) is 43.3 Å². The van der Waals surface area contributed by atoms with Crippen LogP contribution in [0.25, 0.3) is 16.6 Å². The van der Waals surface area contributed by atoms with Gasteiger partial charge in [0.2, 0.25) is 0 Å². The van der Waals surface area contributed by atoms with Crippen molar-refractivity contribution in [1.29, 1.82) is 0 Å². The molecule has 1 aliphatic heterocycles. The molecule has 0 bridgehead atoms. The second-order valence-electron chi connectivity index (χ2n) is 8.37. The summed E-state index contributed by atoms with van der Waals surface area (Å²) >= 11 is 0. The maximum Gasteiger partial charge on any atom is 0.328 e. The van der Waals surface area contributed by atoms with Crippen LogP contribution in [0.15, 0.2) is 77.9 Å². The summed E-state index contributed by atoms with van der Waals surface area (Å²) in [6, 6.07) is 14.4. The van der Waals surface area contributed by atoms with Crippen molar-refractivity contribution in [3.63, 3.8) is 0 Å². The molecule has 4 aromatic rings. The molecule has 38 heavy (non-hydrogen) atoms. The highest BCUT2D eigenvalue weighted by Crippen LogP contribution is 2.24. The lowest BCUT2D eigenvalue weighted by Crippen LogP contribution is -2.17. The molecule has 0 aliphatic carbocycles. The van der Waals surface area contributed by atoms with Gasteiger partial charge in [-0.2, -0.15) is 0 Å². The molecule has 0 spiro atoms. The molecule has 0 saturated heterocycles. The largest absolute Gasteiger partial charge is 0.487 e. The molecular weight excluding hydrogens is 495 g/mol. The number of rotatable bonds is 6. The van der Waals surface area contributed by atoms with Gasteiger partial charge in [-0.05, 0) is 42.5 Å². The van der Waals surface area contributed by atoms with Gasteiger partial charge in [0.05, 0.1) is 11.9 Å². The summed E-state index contributed by atoms with van der Waals surface area (Å²) < 4.78 is 22.5. The van der Waals surface area contributed by atoms with Crippen LogP contribution in [0.1, 0.15) is 11.4 Å². The smallest absolute Gasteiger partial charge is 0.328 e. The molecule has 10 nitrogen and oxygen atoms in total. The van der Waals surface area contributed by atoms with Crippen LogP contribution in [0.5, 0.6) is 5.75 Å². The number of aliphatic carboxylic acids is 2. The van der Waals surface area contributed by atoms with Crippen LogP contribution in [0, 0.1) is 5.82 Å². The van der Waals surface area contributed by atoms with Crippen molar-refractivity contribution in [2.45, 2.75) is 19.6 Å².